The molecule has 1 aromatic carbocycles. The van der Waals surface area contributed by atoms with Crippen LogP contribution in [-0.2, 0) is 4.74 Å². The molecule has 0 aromatic heterocycles. The van der Waals surface area contributed by atoms with Gasteiger partial charge in [-0.1, -0.05) is 5.16 Å². The van der Waals surface area contributed by atoms with E-state index >= 15 is 0 Å². The van der Waals surface area contributed by atoms with Crippen molar-refractivity contribution in [1.29, 1.82) is 0 Å². The summed E-state index contributed by atoms with van der Waals surface area (Å²) < 4.78 is 5.04. The Morgan fingerprint density at radius 2 is 2.24 bits per heavy atom. The molecule has 0 atom stereocenters. The van der Waals surface area contributed by atoms with Crippen LogP contribution in [0, 0.1) is 6.92 Å². The van der Waals surface area contributed by atoms with Crippen LogP contribution < -0.4 is 10.6 Å². The van der Waals surface area contributed by atoms with Gasteiger partial charge in [-0.05, 0) is 30.7 Å². The van der Waals surface area contributed by atoms with Crippen LogP contribution in [0.3, 0.4) is 0 Å². The smallest absolute Gasteiger partial charge is 0.170 e. The lowest BCUT2D eigenvalue weighted by molar-refractivity contribution is 0.206. The van der Waals surface area contributed by atoms with Crippen LogP contribution in [0.25, 0.3) is 0 Å². The number of anilines is 1. The van der Waals surface area contributed by atoms with E-state index in [9.17, 15) is 0 Å². The number of ether oxygens (including phenoxy) is 1. The summed E-state index contributed by atoms with van der Waals surface area (Å²) in [6.07, 6.45) is 0. The molecule has 0 aliphatic heterocycles. The van der Waals surface area contributed by atoms with Crippen LogP contribution in [0.15, 0.2) is 23.4 Å². The number of benzene rings is 1. The van der Waals surface area contributed by atoms with Crippen LogP contribution >= 0.6 is 0 Å². The van der Waals surface area contributed by atoms with Gasteiger partial charge < -0.3 is 20.6 Å². The summed E-state index contributed by atoms with van der Waals surface area (Å²) in [7, 11) is 3.69. The Kier molecular flexibility index (Phi) is 4.78. The van der Waals surface area contributed by atoms with Crippen LogP contribution in [0.2, 0.25) is 0 Å². The molecule has 0 unspecified atom stereocenters. The highest BCUT2D eigenvalue weighted by atomic mass is 16.5. The molecule has 3 N–H and O–H groups in total. The lowest BCUT2D eigenvalue weighted by Crippen LogP contribution is -2.23. The molecule has 0 spiro atoms. The first-order valence-corrected chi connectivity index (χ1v) is 5.38. The third-order valence-corrected chi connectivity index (χ3v) is 2.64. The molecule has 0 radical (unpaired) electrons. The van der Waals surface area contributed by atoms with E-state index in [0.717, 1.165) is 17.8 Å². The van der Waals surface area contributed by atoms with E-state index in [2.05, 4.69) is 10.1 Å². The Morgan fingerprint density at radius 1 is 1.53 bits per heavy atom. The third-order valence-electron chi connectivity index (χ3n) is 2.64. The quantitative estimate of drug-likeness (QED) is 0.349. The average Bonchev–Trinajstić information content (AvgIpc) is 2.34. The minimum absolute atomic E-state index is 0.124. The molecule has 1 rings (SSSR count). The van der Waals surface area contributed by atoms with Gasteiger partial charge in [-0.3, -0.25) is 0 Å². The topological polar surface area (TPSA) is 71.1 Å². The van der Waals surface area contributed by atoms with Crippen LogP contribution in [0.4, 0.5) is 5.69 Å². The van der Waals surface area contributed by atoms with Gasteiger partial charge in [0, 0.05) is 32.0 Å². The van der Waals surface area contributed by atoms with Gasteiger partial charge in [0.05, 0.1) is 6.61 Å². The zero-order valence-corrected chi connectivity index (χ0v) is 10.5. The van der Waals surface area contributed by atoms with Crippen LogP contribution in [0.1, 0.15) is 11.1 Å². The molecule has 5 nitrogen and oxygen atoms in total. The first kappa shape index (κ1) is 13.3. The Hall–Kier alpha value is -1.75. The van der Waals surface area contributed by atoms with Gasteiger partial charge in [0.1, 0.15) is 0 Å². The maximum absolute atomic E-state index is 8.61. The number of amidine groups is 1. The number of hydrogen-bond donors (Lipinski definition) is 2. The number of aryl methyl sites for hydroxylation is 1. The van der Waals surface area contributed by atoms with Crippen molar-refractivity contribution in [1.82, 2.24) is 0 Å². The second-order valence-electron chi connectivity index (χ2n) is 3.90. The van der Waals surface area contributed by atoms with Gasteiger partial charge in [0.2, 0.25) is 0 Å². The van der Waals surface area contributed by atoms with E-state index in [0.29, 0.717) is 12.2 Å². The summed E-state index contributed by atoms with van der Waals surface area (Å²) in [6, 6.07) is 5.69. The van der Waals surface area contributed by atoms with E-state index in [1.165, 1.54) is 0 Å². The summed E-state index contributed by atoms with van der Waals surface area (Å²) in [4.78, 5) is 2.11. The molecule has 0 fully saturated rings. The fraction of sp³-hybridized carbons (Fsp3) is 0.417. The molecule has 0 bridgehead atoms. The summed E-state index contributed by atoms with van der Waals surface area (Å²) >= 11 is 0. The van der Waals surface area contributed by atoms with Gasteiger partial charge in [0.25, 0.3) is 0 Å². The second kappa shape index (κ2) is 6.10. The first-order valence-electron chi connectivity index (χ1n) is 5.38. The molecule has 0 saturated carbocycles. The predicted molar refractivity (Wildman–Crippen MR) is 68.8 cm³/mol. The molecule has 0 amide bonds. The first-order chi connectivity index (χ1) is 8.10. The molecular formula is C12H19N3O2. The summed E-state index contributed by atoms with van der Waals surface area (Å²) in [6.45, 7) is 3.49. The molecule has 94 valence electrons. The number of nitrogens with zero attached hydrogens (tertiary/aromatic N) is 2. The Morgan fingerprint density at radius 3 is 2.76 bits per heavy atom. The molecule has 5 heteroatoms. The number of rotatable bonds is 5. The largest absolute Gasteiger partial charge is 0.409 e. The number of hydrogen-bond acceptors (Lipinski definition) is 4. The lowest BCUT2D eigenvalue weighted by Gasteiger charge is -2.21. The minimum atomic E-state index is 0.124. The second-order valence-corrected chi connectivity index (χ2v) is 3.90. The van der Waals surface area contributed by atoms with Crippen molar-refractivity contribution in [3.8, 4) is 0 Å². The van der Waals surface area contributed by atoms with E-state index < -0.39 is 0 Å². The average molecular weight is 237 g/mol. The lowest BCUT2D eigenvalue weighted by atomic mass is 10.1. The fourth-order valence-electron chi connectivity index (χ4n) is 1.65. The molecule has 0 saturated heterocycles. The van der Waals surface area contributed by atoms with Crippen LogP contribution in [-0.4, -0.2) is 38.4 Å². The molecule has 0 aliphatic rings. The van der Waals surface area contributed by atoms with Crippen molar-refractivity contribution in [3.05, 3.63) is 29.3 Å². The molecule has 17 heavy (non-hydrogen) atoms. The highest BCUT2D eigenvalue weighted by Gasteiger charge is 2.07. The Bertz CT molecular complexity index is 405. The number of methoxy groups -OCH3 is 1. The van der Waals surface area contributed by atoms with Crippen molar-refractivity contribution in [2.24, 2.45) is 10.9 Å². The number of oxime groups is 1. The highest BCUT2D eigenvalue weighted by Crippen LogP contribution is 2.19. The SMILES string of the molecule is COCCN(C)c1ccc(/C(N)=N/O)cc1C. The third kappa shape index (κ3) is 3.35. The monoisotopic (exact) mass is 237 g/mol. The maximum atomic E-state index is 8.61. The van der Waals surface area contributed by atoms with Crippen molar-refractivity contribution in [2.45, 2.75) is 6.92 Å². The summed E-state index contributed by atoms with van der Waals surface area (Å²) in [5.41, 5.74) is 8.44. The molecule has 0 heterocycles. The van der Waals surface area contributed by atoms with Crippen molar-refractivity contribution >= 4 is 11.5 Å². The summed E-state index contributed by atoms with van der Waals surface area (Å²) in [5, 5.41) is 11.6. The molecule has 1 aromatic rings. The normalized spacial score (nSPS) is 11.6. The predicted octanol–water partition coefficient (Wildman–Crippen LogP) is 1.17. The van der Waals surface area contributed by atoms with Crippen molar-refractivity contribution in [2.75, 3.05) is 32.2 Å². The van der Waals surface area contributed by atoms with Crippen LogP contribution in [0.5, 0.6) is 0 Å². The maximum Gasteiger partial charge on any atom is 0.170 e. The van der Waals surface area contributed by atoms with Gasteiger partial charge in [-0.2, -0.15) is 0 Å². The van der Waals surface area contributed by atoms with E-state index in [1.54, 1.807) is 7.11 Å². The molecule has 0 aliphatic carbocycles. The molecular weight excluding hydrogens is 218 g/mol. The highest BCUT2D eigenvalue weighted by molar-refractivity contribution is 5.97. The van der Waals surface area contributed by atoms with Crippen molar-refractivity contribution < 1.29 is 9.94 Å². The Labute approximate surface area is 101 Å². The van der Waals surface area contributed by atoms with E-state index in [1.807, 2.05) is 32.2 Å². The fourth-order valence-corrected chi connectivity index (χ4v) is 1.65. The van der Waals surface area contributed by atoms with E-state index in [-0.39, 0.29) is 5.84 Å². The van der Waals surface area contributed by atoms with Gasteiger partial charge in [-0.25, -0.2) is 0 Å². The summed E-state index contributed by atoms with van der Waals surface area (Å²) in [5.74, 6) is 0.124. The van der Waals surface area contributed by atoms with Gasteiger partial charge >= 0.3 is 0 Å². The zero-order chi connectivity index (χ0) is 12.8. The zero-order valence-electron chi connectivity index (χ0n) is 10.5. The van der Waals surface area contributed by atoms with Gasteiger partial charge in [-0.15, -0.1) is 0 Å². The van der Waals surface area contributed by atoms with Gasteiger partial charge in [0.15, 0.2) is 5.84 Å². The van der Waals surface area contributed by atoms with Crippen molar-refractivity contribution in [3.63, 3.8) is 0 Å². The Balaban J connectivity index is 2.89. The van der Waals surface area contributed by atoms with E-state index in [4.69, 9.17) is 15.7 Å². The standard InChI is InChI=1S/C12H19N3O2/c1-9-8-10(12(13)14-16)4-5-11(9)15(2)6-7-17-3/h4-5,8,16H,6-7H2,1-3H3,(H2,13,14). The minimum Gasteiger partial charge on any atom is -0.409 e. The number of nitrogens with two attached hydrogens (primary N) is 1. The number of likely N-dealkylation sites (N-methyl/N-ethyl adjacent to an activating group) is 1.